The fourth-order valence-corrected chi connectivity index (χ4v) is 2.32. The Morgan fingerprint density at radius 3 is 2.64 bits per heavy atom. The summed E-state index contributed by atoms with van der Waals surface area (Å²) < 4.78 is 10.4. The zero-order valence-corrected chi connectivity index (χ0v) is 14.2. The summed E-state index contributed by atoms with van der Waals surface area (Å²) in [5, 5.41) is 3.31. The third-order valence-corrected chi connectivity index (χ3v) is 3.49. The number of nitrogens with one attached hydrogen (secondary N) is 1. The van der Waals surface area contributed by atoms with E-state index in [4.69, 9.17) is 21.1 Å². The first kappa shape index (κ1) is 18.4. The largest absolute Gasteiger partial charge is 0.493 e. The first-order valence-electron chi connectivity index (χ1n) is 7.49. The van der Waals surface area contributed by atoms with E-state index in [0.29, 0.717) is 23.1 Å². The van der Waals surface area contributed by atoms with Crippen molar-refractivity contribution < 1.29 is 14.3 Å². The van der Waals surface area contributed by atoms with Gasteiger partial charge in [-0.25, -0.2) is 0 Å². The van der Waals surface area contributed by atoms with Gasteiger partial charge in [-0.05, 0) is 30.2 Å². The Morgan fingerprint density at radius 1 is 1.23 bits per heavy atom. The van der Waals surface area contributed by atoms with Crippen LogP contribution in [0.1, 0.15) is 38.2 Å². The maximum absolute atomic E-state index is 11.7. The minimum absolute atomic E-state index is 0.109. The molecule has 1 aromatic rings. The summed E-state index contributed by atoms with van der Waals surface area (Å²) in [6.07, 6.45) is 7.75. The Bertz CT molecular complexity index is 515. The van der Waals surface area contributed by atoms with Gasteiger partial charge in [0.05, 0.1) is 19.2 Å². The molecule has 1 N–H and O–H groups in total. The summed E-state index contributed by atoms with van der Waals surface area (Å²) in [4.78, 5) is 11.7. The van der Waals surface area contributed by atoms with Gasteiger partial charge in [-0.3, -0.25) is 4.79 Å². The number of ether oxygens (including phenoxy) is 2. The number of carbonyl (C=O) groups is 1. The van der Waals surface area contributed by atoms with Gasteiger partial charge in [0.15, 0.2) is 11.5 Å². The molecule has 0 atom stereocenters. The fraction of sp³-hybridized carbons (Fsp3) is 0.471. The molecule has 0 fully saturated rings. The summed E-state index contributed by atoms with van der Waals surface area (Å²) in [5.41, 5.74) is 0.781. The van der Waals surface area contributed by atoms with Gasteiger partial charge >= 0.3 is 0 Å². The number of carbonyl (C=O) groups excluding carboxylic acids is 1. The molecular formula is C17H24ClNO3. The van der Waals surface area contributed by atoms with Crippen LogP contribution in [0, 0.1) is 0 Å². The number of hydrogen-bond acceptors (Lipinski definition) is 3. The minimum Gasteiger partial charge on any atom is -0.493 e. The predicted octanol–water partition coefficient (Wildman–Crippen LogP) is 4.07. The zero-order valence-electron chi connectivity index (χ0n) is 13.4. The molecule has 4 nitrogen and oxygen atoms in total. The van der Waals surface area contributed by atoms with E-state index in [1.165, 1.54) is 26.0 Å². The lowest BCUT2D eigenvalue weighted by atomic mass is 10.2. The second kappa shape index (κ2) is 10.1. The van der Waals surface area contributed by atoms with E-state index in [1.54, 1.807) is 25.3 Å². The van der Waals surface area contributed by atoms with Crippen LogP contribution in [0.15, 0.2) is 18.2 Å². The van der Waals surface area contributed by atoms with Crippen molar-refractivity contribution >= 4 is 23.6 Å². The van der Waals surface area contributed by atoms with E-state index >= 15 is 0 Å². The van der Waals surface area contributed by atoms with Crippen molar-refractivity contribution in [1.29, 1.82) is 0 Å². The predicted molar refractivity (Wildman–Crippen MR) is 90.7 cm³/mol. The minimum atomic E-state index is -0.109. The van der Waals surface area contributed by atoms with Gasteiger partial charge in [-0.15, -0.1) is 0 Å². The van der Waals surface area contributed by atoms with Gasteiger partial charge in [-0.2, -0.15) is 0 Å². The molecule has 0 aromatic heterocycles. The van der Waals surface area contributed by atoms with Crippen LogP contribution < -0.4 is 14.8 Å². The van der Waals surface area contributed by atoms with Gasteiger partial charge < -0.3 is 14.8 Å². The van der Waals surface area contributed by atoms with Crippen molar-refractivity contribution in [2.75, 3.05) is 20.8 Å². The third-order valence-electron chi connectivity index (χ3n) is 3.21. The lowest BCUT2D eigenvalue weighted by Gasteiger charge is -2.10. The van der Waals surface area contributed by atoms with Crippen LogP contribution in [0.4, 0.5) is 0 Å². The number of methoxy groups -OCH3 is 2. The summed E-state index contributed by atoms with van der Waals surface area (Å²) >= 11 is 6.12. The number of halogens is 1. The zero-order chi connectivity index (χ0) is 16.4. The van der Waals surface area contributed by atoms with Crippen molar-refractivity contribution in [3.05, 3.63) is 28.8 Å². The molecule has 0 radical (unpaired) electrons. The maximum atomic E-state index is 11.7. The van der Waals surface area contributed by atoms with Gasteiger partial charge in [0.2, 0.25) is 5.91 Å². The Labute approximate surface area is 137 Å². The highest BCUT2D eigenvalue weighted by Crippen LogP contribution is 2.36. The molecule has 0 unspecified atom stereocenters. The molecule has 0 spiro atoms. The van der Waals surface area contributed by atoms with E-state index < -0.39 is 0 Å². The number of hydrogen-bond donors (Lipinski definition) is 1. The summed E-state index contributed by atoms with van der Waals surface area (Å²) in [7, 11) is 3.08. The fourth-order valence-electron chi connectivity index (χ4n) is 2.03. The third kappa shape index (κ3) is 5.98. The average Bonchev–Trinajstić information content (AvgIpc) is 2.52. The molecule has 1 aromatic carbocycles. The second-order valence-electron chi connectivity index (χ2n) is 4.92. The van der Waals surface area contributed by atoms with Crippen LogP contribution in [0.3, 0.4) is 0 Å². The molecule has 0 aliphatic carbocycles. The van der Waals surface area contributed by atoms with E-state index in [9.17, 15) is 4.79 Å². The van der Waals surface area contributed by atoms with E-state index in [0.717, 1.165) is 18.4 Å². The molecule has 0 saturated heterocycles. The molecular weight excluding hydrogens is 302 g/mol. The van der Waals surface area contributed by atoms with Gasteiger partial charge in [-0.1, -0.05) is 37.8 Å². The Balaban J connectivity index is 2.58. The van der Waals surface area contributed by atoms with Crippen LogP contribution in [0.2, 0.25) is 5.02 Å². The quantitative estimate of drug-likeness (QED) is 0.550. The van der Waals surface area contributed by atoms with Crippen molar-refractivity contribution in [3.63, 3.8) is 0 Å². The molecule has 0 heterocycles. The average molecular weight is 326 g/mol. The Hall–Kier alpha value is -1.68. The van der Waals surface area contributed by atoms with Crippen molar-refractivity contribution in [3.8, 4) is 11.5 Å². The van der Waals surface area contributed by atoms with Crippen LogP contribution in [-0.2, 0) is 4.79 Å². The lowest BCUT2D eigenvalue weighted by molar-refractivity contribution is -0.116. The Morgan fingerprint density at radius 2 is 2.00 bits per heavy atom. The monoisotopic (exact) mass is 325 g/mol. The topological polar surface area (TPSA) is 47.6 Å². The SMILES string of the molecule is CCCCCCNC(=O)/C=C/c1cc(Cl)c(OC)c(OC)c1. The van der Waals surface area contributed by atoms with E-state index in [1.807, 2.05) is 0 Å². The molecule has 1 rings (SSSR count). The van der Waals surface area contributed by atoms with Crippen molar-refractivity contribution in [2.45, 2.75) is 32.6 Å². The second-order valence-corrected chi connectivity index (χ2v) is 5.33. The summed E-state index contributed by atoms with van der Waals surface area (Å²) in [6.45, 7) is 2.87. The number of rotatable bonds is 9. The van der Waals surface area contributed by atoms with E-state index in [2.05, 4.69) is 12.2 Å². The molecule has 0 bridgehead atoms. The highest BCUT2D eigenvalue weighted by atomic mass is 35.5. The van der Waals surface area contributed by atoms with Crippen molar-refractivity contribution in [1.82, 2.24) is 5.32 Å². The standard InChI is InChI=1S/C17H24ClNO3/c1-4-5-6-7-10-19-16(20)9-8-13-11-14(18)17(22-3)15(12-13)21-2/h8-9,11-12H,4-7,10H2,1-3H3,(H,19,20)/b9-8+. The van der Waals surface area contributed by atoms with E-state index in [-0.39, 0.29) is 5.91 Å². The van der Waals surface area contributed by atoms with Crippen molar-refractivity contribution in [2.24, 2.45) is 0 Å². The van der Waals surface area contributed by atoms with Crippen LogP contribution in [-0.4, -0.2) is 26.7 Å². The smallest absolute Gasteiger partial charge is 0.243 e. The lowest BCUT2D eigenvalue weighted by Crippen LogP contribution is -2.21. The molecule has 0 aliphatic rings. The van der Waals surface area contributed by atoms with Crippen LogP contribution in [0.25, 0.3) is 6.08 Å². The normalized spacial score (nSPS) is 10.7. The molecule has 0 aliphatic heterocycles. The highest BCUT2D eigenvalue weighted by molar-refractivity contribution is 6.32. The number of amides is 1. The molecule has 122 valence electrons. The number of unbranched alkanes of at least 4 members (excludes halogenated alkanes) is 3. The molecule has 0 saturated carbocycles. The molecule has 1 amide bonds. The van der Waals surface area contributed by atoms with Gasteiger partial charge in [0.1, 0.15) is 0 Å². The van der Waals surface area contributed by atoms with Gasteiger partial charge in [0, 0.05) is 12.6 Å². The summed E-state index contributed by atoms with van der Waals surface area (Å²) in [6, 6.07) is 3.50. The molecule has 22 heavy (non-hydrogen) atoms. The molecule has 5 heteroatoms. The first-order chi connectivity index (χ1) is 10.6. The first-order valence-corrected chi connectivity index (χ1v) is 7.87. The van der Waals surface area contributed by atoms with Gasteiger partial charge in [0.25, 0.3) is 0 Å². The summed E-state index contributed by atoms with van der Waals surface area (Å²) in [5.74, 6) is 0.915. The highest BCUT2D eigenvalue weighted by Gasteiger charge is 2.09. The number of benzene rings is 1. The van der Waals surface area contributed by atoms with Crippen LogP contribution in [0.5, 0.6) is 11.5 Å². The maximum Gasteiger partial charge on any atom is 0.243 e. The Kier molecular flexibility index (Phi) is 8.44. The van der Waals surface area contributed by atoms with Crippen LogP contribution >= 0.6 is 11.6 Å².